The van der Waals surface area contributed by atoms with E-state index in [1.165, 1.54) is 30.9 Å². The maximum atomic E-state index is 13.3. The van der Waals surface area contributed by atoms with Crippen LogP contribution in [0.25, 0.3) is 0 Å². The maximum absolute atomic E-state index is 13.3. The third-order valence-corrected chi connectivity index (χ3v) is 5.11. The molecule has 0 fully saturated rings. The van der Waals surface area contributed by atoms with Crippen LogP contribution in [0.3, 0.4) is 0 Å². The maximum Gasteiger partial charge on any atom is 0.416 e. The Labute approximate surface area is 220 Å². The van der Waals surface area contributed by atoms with Gasteiger partial charge in [0.25, 0.3) is 0 Å². The van der Waals surface area contributed by atoms with Crippen molar-refractivity contribution in [2.24, 2.45) is 0 Å². The Hall–Kier alpha value is -2.23. The molecule has 0 heterocycles. The second-order valence-corrected chi connectivity index (χ2v) is 8.17. The number of alkyl halides is 3. The lowest BCUT2D eigenvalue weighted by Gasteiger charge is -2.24. The molecule has 0 aliphatic carbocycles. The zero-order valence-electron chi connectivity index (χ0n) is 20.7. The number of halogens is 4. The summed E-state index contributed by atoms with van der Waals surface area (Å²) in [7, 11) is 1.65. The van der Waals surface area contributed by atoms with Gasteiger partial charge in [0.2, 0.25) is 0 Å². The Balaban J connectivity index is 0.00000126. The second kappa shape index (κ2) is 17.2. The first-order chi connectivity index (χ1) is 16.5. The fourth-order valence-corrected chi connectivity index (χ4v) is 3.33. The van der Waals surface area contributed by atoms with Gasteiger partial charge in [0.15, 0.2) is 5.78 Å². The van der Waals surface area contributed by atoms with Crippen LogP contribution in [0, 0.1) is 0 Å². The predicted octanol–water partition coefficient (Wildman–Crippen LogP) is 8.19. The summed E-state index contributed by atoms with van der Waals surface area (Å²) in [6.07, 6.45) is -2.70. The molecular weight excluding hydrogens is 543 g/mol. The molecule has 4 nitrogen and oxygen atoms in total. The number of benzene rings is 2. The SMILES string of the molecule is C=CC(C)=O.CCC.CCOc1cccc(C(OCC=S)c2cc(C(F)(F)F)ccc2NC)c1Br. The van der Waals surface area contributed by atoms with Crippen molar-refractivity contribution >= 4 is 45.0 Å². The zero-order valence-corrected chi connectivity index (χ0v) is 23.1. The molecule has 2 aromatic carbocycles. The number of carbonyl (C=O) groups excluding carboxylic acids is 1. The minimum Gasteiger partial charge on any atom is -0.493 e. The summed E-state index contributed by atoms with van der Waals surface area (Å²) in [6.45, 7) is 11.3. The molecule has 2 rings (SSSR count). The van der Waals surface area contributed by atoms with Gasteiger partial charge in [0.05, 0.1) is 23.2 Å². The van der Waals surface area contributed by atoms with Crippen LogP contribution in [-0.2, 0) is 15.7 Å². The number of thiocarbonyl (C=S) groups is 1. The molecule has 0 radical (unpaired) electrons. The van der Waals surface area contributed by atoms with E-state index in [0.717, 1.165) is 12.1 Å². The summed E-state index contributed by atoms with van der Waals surface area (Å²) >= 11 is 8.33. The molecule has 0 aliphatic rings. The third kappa shape index (κ3) is 11.4. The number of ketones is 1. The van der Waals surface area contributed by atoms with Crippen molar-refractivity contribution in [1.82, 2.24) is 0 Å². The van der Waals surface area contributed by atoms with E-state index in [2.05, 4.69) is 41.7 Å². The van der Waals surface area contributed by atoms with Crippen LogP contribution in [0.2, 0.25) is 0 Å². The third-order valence-electron chi connectivity index (χ3n) is 4.12. The van der Waals surface area contributed by atoms with Gasteiger partial charge >= 0.3 is 6.18 Å². The highest BCUT2D eigenvalue weighted by Gasteiger charge is 2.32. The Morgan fingerprint density at radius 1 is 1.20 bits per heavy atom. The van der Waals surface area contributed by atoms with Crippen LogP contribution in [0.15, 0.2) is 53.5 Å². The highest BCUT2D eigenvalue weighted by Crippen LogP contribution is 2.41. The molecule has 1 unspecified atom stereocenters. The van der Waals surface area contributed by atoms with Crippen LogP contribution in [0.5, 0.6) is 5.75 Å². The Morgan fingerprint density at radius 3 is 2.26 bits per heavy atom. The van der Waals surface area contributed by atoms with Gasteiger partial charge in [-0.2, -0.15) is 13.2 Å². The highest BCUT2D eigenvalue weighted by atomic mass is 79.9. The van der Waals surface area contributed by atoms with E-state index in [-0.39, 0.29) is 12.4 Å². The summed E-state index contributed by atoms with van der Waals surface area (Å²) in [5.41, 5.74) is 0.794. The number of anilines is 1. The van der Waals surface area contributed by atoms with E-state index in [0.29, 0.717) is 33.6 Å². The van der Waals surface area contributed by atoms with Crippen LogP contribution in [0.1, 0.15) is 56.9 Å². The predicted molar refractivity (Wildman–Crippen MR) is 145 cm³/mol. The van der Waals surface area contributed by atoms with Crippen LogP contribution < -0.4 is 10.1 Å². The average molecular weight is 577 g/mol. The molecule has 0 saturated heterocycles. The normalized spacial score (nSPS) is 11.1. The quantitative estimate of drug-likeness (QED) is 0.241. The Morgan fingerprint density at radius 2 is 1.80 bits per heavy atom. The molecule has 35 heavy (non-hydrogen) atoms. The minimum absolute atomic E-state index is 0.0185. The van der Waals surface area contributed by atoms with Crippen molar-refractivity contribution in [3.05, 3.63) is 70.2 Å². The van der Waals surface area contributed by atoms with E-state index in [4.69, 9.17) is 21.7 Å². The molecule has 0 saturated carbocycles. The number of nitrogens with one attached hydrogen (secondary N) is 1. The molecular formula is C26H33BrF3NO3S. The van der Waals surface area contributed by atoms with Crippen molar-refractivity contribution in [1.29, 1.82) is 0 Å². The molecule has 194 valence electrons. The van der Waals surface area contributed by atoms with Crippen molar-refractivity contribution in [2.75, 3.05) is 25.6 Å². The van der Waals surface area contributed by atoms with Crippen molar-refractivity contribution in [2.45, 2.75) is 46.4 Å². The fourth-order valence-electron chi connectivity index (χ4n) is 2.66. The molecule has 9 heteroatoms. The van der Waals surface area contributed by atoms with Gasteiger partial charge in [0.1, 0.15) is 11.9 Å². The number of hydrogen-bond acceptors (Lipinski definition) is 5. The lowest BCUT2D eigenvalue weighted by Crippen LogP contribution is -2.14. The van der Waals surface area contributed by atoms with Crippen molar-refractivity contribution in [3.63, 3.8) is 0 Å². The van der Waals surface area contributed by atoms with Crippen molar-refractivity contribution in [3.8, 4) is 5.75 Å². The first-order valence-corrected chi connectivity index (χ1v) is 12.3. The largest absolute Gasteiger partial charge is 0.493 e. The van der Waals surface area contributed by atoms with Gasteiger partial charge in [-0.15, -0.1) is 0 Å². The number of rotatable bonds is 9. The molecule has 1 N–H and O–H groups in total. The fraction of sp³-hybridized carbons (Fsp3) is 0.385. The lowest BCUT2D eigenvalue weighted by atomic mass is 9.97. The molecule has 0 bridgehead atoms. The van der Waals surface area contributed by atoms with E-state index in [9.17, 15) is 18.0 Å². The monoisotopic (exact) mass is 575 g/mol. The van der Waals surface area contributed by atoms with E-state index in [1.807, 2.05) is 6.92 Å². The standard InChI is InChI=1S/C19H19BrF3NO2S.C4H6O.C3H8/c1-3-25-16-6-4-5-13(17(16)20)18(26-9-10-27)14-11-12(19(21,22)23)7-8-15(14)24-2;1-3-4(2)5;1-3-2/h4-8,10-11,18,24H,3,9H2,1-2H3;3H,1H2,2H3;3H2,1-2H3. The smallest absolute Gasteiger partial charge is 0.416 e. The topological polar surface area (TPSA) is 47.6 Å². The summed E-state index contributed by atoms with van der Waals surface area (Å²) in [5.74, 6) is 0.605. The van der Waals surface area contributed by atoms with Crippen LogP contribution in [-0.4, -0.2) is 31.4 Å². The van der Waals surface area contributed by atoms with Gasteiger partial charge in [-0.05, 0) is 60.1 Å². The summed E-state index contributed by atoms with van der Waals surface area (Å²) in [6, 6.07) is 8.85. The van der Waals surface area contributed by atoms with Gasteiger partial charge in [-0.3, -0.25) is 4.79 Å². The van der Waals surface area contributed by atoms with Crippen LogP contribution >= 0.6 is 28.1 Å². The van der Waals surface area contributed by atoms with Gasteiger partial charge < -0.3 is 14.8 Å². The lowest BCUT2D eigenvalue weighted by molar-refractivity contribution is -0.137. The molecule has 1 atom stereocenters. The van der Waals surface area contributed by atoms with Gasteiger partial charge in [-0.1, -0.05) is 51.2 Å². The van der Waals surface area contributed by atoms with Crippen molar-refractivity contribution < 1.29 is 27.4 Å². The number of allylic oxidation sites excluding steroid dienone is 1. The summed E-state index contributed by atoms with van der Waals surface area (Å²) < 4.78 is 51.8. The van der Waals surface area contributed by atoms with Crippen LogP contribution in [0.4, 0.5) is 18.9 Å². The van der Waals surface area contributed by atoms with E-state index >= 15 is 0 Å². The van der Waals surface area contributed by atoms with Gasteiger partial charge in [0, 0.05) is 29.2 Å². The molecule has 0 aliphatic heterocycles. The first kappa shape index (κ1) is 32.8. The summed E-state index contributed by atoms with van der Waals surface area (Å²) in [5, 5.41) is 4.32. The number of hydrogen-bond donors (Lipinski definition) is 1. The second-order valence-electron chi connectivity index (χ2n) is 7.04. The molecule has 0 spiro atoms. The molecule has 0 amide bonds. The number of ether oxygens (including phenoxy) is 2. The number of carbonyl (C=O) groups is 1. The minimum atomic E-state index is -4.46. The molecule has 0 aromatic heterocycles. The highest BCUT2D eigenvalue weighted by molar-refractivity contribution is 9.10. The first-order valence-electron chi connectivity index (χ1n) is 11.0. The zero-order chi connectivity index (χ0) is 27.0. The summed E-state index contributed by atoms with van der Waals surface area (Å²) in [4.78, 5) is 9.69. The average Bonchev–Trinajstić information content (AvgIpc) is 2.81. The Kier molecular flexibility index (Phi) is 16.1. The van der Waals surface area contributed by atoms with Gasteiger partial charge in [-0.25, -0.2) is 0 Å². The van der Waals surface area contributed by atoms with E-state index in [1.54, 1.807) is 25.2 Å². The molecule has 2 aromatic rings. The Bertz CT molecular complexity index is 952. The van der Waals surface area contributed by atoms with E-state index < -0.39 is 17.8 Å².